The number of anilines is 2. The van der Waals surface area contributed by atoms with Crippen LogP contribution in [0.5, 0.6) is 0 Å². The van der Waals surface area contributed by atoms with Crippen LogP contribution < -0.4 is 10.0 Å². The maximum Gasteiger partial charge on any atom is 0.267 e. The number of nitrogens with zero attached hydrogens (tertiary/aromatic N) is 1. The molecule has 0 spiro atoms. The fourth-order valence-corrected chi connectivity index (χ4v) is 5.35. The predicted octanol–water partition coefficient (Wildman–Crippen LogP) is 4.71. The van der Waals surface area contributed by atoms with E-state index in [4.69, 9.17) is 16.1 Å². The molecule has 0 aliphatic carbocycles. The van der Waals surface area contributed by atoms with Crippen molar-refractivity contribution in [2.24, 2.45) is 0 Å². The number of hydrogen-bond acceptors (Lipinski definition) is 7. The number of benzene rings is 1. The fraction of sp³-hybridized carbons (Fsp3) is 0.211. The maximum atomic E-state index is 14.0. The average Bonchev–Trinajstić information content (AvgIpc) is 3.21. The van der Waals surface area contributed by atoms with Crippen LogP contribution in [0.3, 0.4) is 0 Å². The Bertz CT molecular complexity index is 1310. The van der Waals surface area contributed by atoms with E-state index in [1.54, 1.807) is 26.0 Å². The van der Waals surface area contributed by atoms with E-state index in [0.717, 1.165) is 5.56 Å². The lowest BCUT2D eigenvalue weighted by Gasteiger charge is -2.14. The van der Waals surface area contributed by atoms with Gasteiger partial charge in [0.2, 0.25) is 0 Å². The van der Waals surface area contributed by atoms with E-state index < -0.39 is 30.8 Å². The molecule has 0 aliphatic heterocycles. The first-order valence-electron chi connectivity index (χ1n) is 8.78. The van der Waals surface area contributed by atoms with Crippen LogP contribution in [0.1, 0.15) is 43.8 Å². The Kier molecular flexibility index (Phi) is 6.21. The minimum absolute atomic E-state index is 0.0633. The molecule has 0 fully saturated rings. The largest absolute Gasteiger partial charge is 0.336 e. The molecule has 0 radical (unpaired) electrons. The summed E-state index contributed by atoms with van der Waals surface area (Å²) in [6.45, 7) is 6.34. The van der Waals surface area contributed by atoms with Crippen molar-refractivity contribution in [3.63, 3.8) is 0 Å². The molecular weight excluding hydrogens is 469 g/mol. The Labute approximate surface area is 186 Å². The predicted molar refractivity (Wildman–Crippen MR) is 115 cm³/mol. The Morgan fingerprint density at radius 2 is 1.87 bits per heavy atom. The third-order valence-electron chi connectivity index (χ3n) is 4.28. The minimum Gasteiger partial charge on any atom is -0.336 e. The van der Waals surface area contributed by atoms with Crippen molar-refractivity contribution in [3.8, 4) is 0 Å². The van der Waals surface area contributed by atoms with Gasteiger partial charge in [0, 0.05) is 11.6 Å². The normalized spacial score (nSPS) is 11.4. The Balaban J connectivity index is 2.00. The molecule has 0 unspecified atom stereocenters. The molecule has 8 nitrogen and oxygen atoms in total. The van der Waals surface area contributed by atoms with Crippen molar-refractivity contribution in [1.82, 2.24) is 5.16 Å². The fourth-order valence-electron chi connectivity index (χ4n) is 2.88. The monoisotopic (exact) mass is 485 g/mol. The Morgan fingerprint density at radius 1 is 1.19 bits per heavy atom. The highest BCUT2D eigenvalue weighted by atomic mass is 35.5. The third kappa shape index (κ3) is 4.63. The van der Waals surface area contributed by atoms with Gasteiger partial charge in [-0.15, -0.1) is 0 Å². The molecule has 0 atom stereocenters. The number of aromatic nitrogens is 1. The van der Waals surface area contributed by atoms with Crippen molar-refractivity contribution in [2.75, 3.05) is 10.0 Å². The first-order chi connectivity index (χ1) is 14.4. The van der Waals surface area contributed by atoms with Gasteiger partial charge < -0.3 is 9.84 Å². The van der Waals surface area contributed by atoms with Gasteiger partial charge in [0.15, 0.2) is 10.9 Å². The number of sulfonamides is 1. The van der Waals surface area contributed by atoms with Crippen LogP contribution in [0.25, 0.3) is 0 Å². The topological polar surface area (TPSA) is 118 Å². The number of thiophene rings is 1. The molecule has 1 aromatic carbocycles. The molecule has 1 amide bonds. The number of Topliss-reactive ketones (excluding diaryl/α,β-unsaturated/α-hetero) is 1. The lowest BCUT2D eigenvalue weighted by Crippen LogP contribution is -2.19. The van der Waals surface area contributed by atoms with Crippen molar-refractivity contribution in [2.45, 2.75) is 32.6 Å². The summed E-state index contributed by atoms with van der Waals surface area (Å²) in [4.78, 5) is 23.9. The maximum absolute atomic E-state index is 14.0. The van der Waals surface area contributed by atoms with Gasteiger partial charge in [0.05, 0.1) is 5.69 Å². The Morgan fingerprint density at radius 3 is 2.45 bits per heavy atom. The highest BCUT2D eigenvalue weighted by Crippen LogP contribution is 2.32. The van der Waals surface area contributed by atoms with Crippen molar-refractivity contribution >= 4 is 56.2 Å². The second-order valence-corrected chi connectivity index (χ2v) is 9.81. The SMILES string of the molecule is CC(=O)c1cc(C)cc(C)c1NC(=O)c1sc(F)cc1S(=O)(=O)Nc1onc(C)c1Cl. The van der Waals surface area contributed by atoms with Crippen molar-refractivity contribution < 1.29 is 26.9 Å². The standard InChI is InChI=1S/C19H17ClFN3O5S2/c1-8-5-9(2)16(12(6-8)11(4)25)22-18(26)17-13(7-14(21)30-17)31(27,28)24-19-15(20)10(3)23-29-19/h5-7,24H,1-4H3,(H,22,26). The summed E-state index contributed by atoms with van der Waals surface area (Å²) in [5.74, 6) is -1.53. The lowest BCUT2D eigenvalue weighted by atomic mass is 10.0. The summed E-state index contributed by atoms with van der Waals surface area (Å²) in [5.41, 5.74) is 2.15. The molecule has 2 heterocycles. The van der Waals surface area contributed by atoms with Crippen LogP contribution >= 0.6 is 22.9 Å². The van der Waals surface area contributed by atoms with Gasteiger partial charge in [-0.2, -0.15) is 4.39 Å². The molecule has 2 aromatic heterocycles. The zero-order valence-corrected chi connectivity index (χ0v) is 19.2. The molecule has 0 bridgehead atoms. The number of hydrogen-bond donors (Lipinski definition) is 2. The van der Waals surface area contributed by atoms with E-state index in [-0.39, 0.29) is 33.6 Å². The second-order valence-electron chi connectivity index (χ2n) is 6.78. The number of carbonyl (C=O) groups excluding carboxylic acids is 2. The van der Waals surface area contributed by atoms with E-state index >= 15 is 0 Å². The molecule has 2 N–H and O–H groups in total. The van der Waals surface area contributed by atoms with Gasteiger partial charge in [0.1, 0.15) is 20.5 Å². The summed E-state index contributed by atoms with van der Waals surface area (Å²) in [6.07, 6.45) is 0. The number of ketones is 1. The van der Waals surface area contributed by atoms with E-state index in [0.29, 0.717) is 23.0 Å². The first-order valence-corrected chi connectivity index (χ1v) is 11.5. The van der Waals surface area contributed by atoms with Crippen LogP contribution in [-0.2, 0) is 10.0 Å². The zero-order chi connectivity index (χ0) is 23.1. The van der Waals surface area contributed by atoms with E-state index in [9.17, 15) is 22.4 Å². The van der Waals surface area contributed by atoms with Gasteiger partial charge in [-0.25, -0.2) is 13.1 Å². The third-order valence-corrected chi connectivity index (χ3v) is 7.13. The van der Waals surface area contributed by atoms with E-state index in [1.807, 2.05) is 0 Å². The molecule has 0 saturated carbocycles. The molecule has 3 rings (SSSR count). The number of amides is 1. The number of aryl methyl sites for hydroxylation is 3. The van der Waals surface area contributed by atoms with Crippen LogP contribution in [0.2, 0.25) is 5.02 Å². The highest BCUT2D eigenvalue weighted by molar-refractivity contribution is 7.93. The molecule has 0 saturated heterocycles. The molecule has 3 aromatic rings. The Hall–Kier alpha value is -2.76. The smallest absolute Gasteiger partial charge is 0.267 e. The van der Waals surface area contributed by atoms with Crippen LogP contribution in [-0.4, -0.2) is 25.3 Å². The highest BCUT2D eigenvalue weighted by Gasteiger charge is 2.29. The van der Waals surface area contributed by atoms with E-state index in [2.05, 4.69) is 15.2 Å². The number of nitrogens with one attached hydrogen (secondary N) is 2. The summed E-state index contributed by atoms with van der Waals surface area (Å²) >= 11 is 6.28. The molecular formula is C19H17ClFN3O5S2. The zero-order valence-electron chi connectivity index (χ0n) is 16.8. The molecule has 0 aliphatic rings. The van der Waals surface area contributed by atoms with Crippen molar-refractivity contribution in [3.05, 3.63) is 55.6 Å². The molecule has 31 heavy (non-hydrogen) atoms. The van der Waals surface area contributed by atoms with Crippen LogP contribution in [0.15, 0.2) is 27.6 Å². The average molecular weight is 486 g/mol. The number of rotatable bonds is 6. The van der Waals surface area contributed by atoms with Crippen molar-refractivity contribution in [1.29, 1.82) is 0 Å². The summed E-state index contributed by atoms with van der Waals surface area (Å²) in [6, 6.07) is 4.07. The quantitative estimate of drug-likeness (QED) is 0.488. The van der Waals surface area contributed by atoms with Crippen LogP contribution in [0, 0.1) is 25.9 Å². The lowest BCUT2D eigenvalue weighted by molar-refractivity contribution is 0.101. The van der Waals surface area contributed by atoms with Crippen LogP contribution in [0.4, 0.5) is 16.0 Å². The van der Waals surface area contributed by atoms with Gasteiger partial charge in [-0.1, -0.05) is 34.2 Å². The van der Waals surface area contributed by atoms with E-state index in [1.165, 1.54) is 13.8 Å². The summed E-state index contributed by atoms with van der Waals surface area (Å²) < 4.78 is 46.5. The van der Waals surface area contributed by atoms with Gasteiger partial charge >= 0.3 is 0 Å². The number of halogens is 2. The molecule has 12 heteroatoms. The second kappa shape index (κ2) is 8.40. The van der Waals surface area contributed by atoms with Gasteiger partial charge in [-0.05, 0) is 44.9 Å². The first kappa shape index (κ1) is 22.9. The minimum atomic E-state index is -4.44. The van der Waals surface area contributed by atoms with Gasteiger partial charge in [0.25, 0.3) is 21.8 Å². The van der Waals surface area contributed by atoms with Gasteiger partial charge in [-0.3, -0.25) is 9.59 Å². The number of carbonyl (C=O) groups is 2. The molecule has 164 valence electrons. The summed E-state index contributed by atoms with van der Waals surface area (Å²) in [5, 5.41) is 5.12. The summed E-state index contributed by atoms with van der Waals surface area (Å²) in [7, 11) is -4.44.